The lowest BCUT2D eigenvalue weighted by atomic mass is 10.0. The van der Waals surface area contributed by atoms with Crippen LogP contribution in [0.3, 0.4) is 0 Å². The summed E-state index contributed by atoms with van der Waals surface area (Å²) in [5.74, 6) is -0.801. The summed E-state index contributed by atoms with van der Waals surface area (Å²) >= 11 is 0. The van der Waals surface area contributed by atoms with Crippen molar-refractivity contribution in [2.24, 2.45) is 0 Å². The van der Waals surface area contributed by atoms with Crippen LogP contribution < -0.4 is 10.2 Å². The number of imidazole rings is 1. The molecule has 0 spiro atoms. The summed E-state index contributed by atoms with van der Waals surface area (Å²) in [5.41, 5.74) is 1.87. The maximum absolute atomic E-state index is 12.7. The van der Waals surface area contributed by atoms with Crippen molar-refractivity contribution in [1.29, 1.82) is 0 Å². The molecule has 0 fully saturated rings. The minimum atomic E-state index is -0.740. The van der Waals surface area contributed by atoms with Gasteiger partial charge in [-0.25, -0.2) is 4.98 Å². The lowest BCUT2D eigenvalue weighted by Gasteiger charge is -2.31. The van der Waals surface area contributed by atoms with E-state index < -0.39 is 12.0 Å². The number of nitrogens with zero attached hydrogens (tertiary/aromatic N) is 3. The van der Waals surface area contributed by atoms with Crippen molar-refractivity contribution in [3.05, 3.63) is 47.9 Å². The predicted molar refractivity (Wildman–Crippen MR) is 93.4 cm³/mol. The Labute approximate surface area is 150 Å². The molecule has 2 amide bonds. The summed E-state index contributed by atoms with van der Waals surface area (Å²) in [7, 11) is 1.26. The van der Waals surface area contributed by atoms with Gasteiger partial charge in [0, 0.05) is 19.9 Å². The highest BCUT2D eigenvalue weighted by molar-refractivity contribution is 6.03. The summed E-state index contributed by atoms with van der Waals surface area (Å²) in [4.78, 5) is 41.5. The highest BCUT2D eigenvalue weighted by Gasteiger charge is 2.37. The highest BCUT2D eigenvalue weighted by atomic mass is 16.5. The first-order chi connectivity index (χ1) is 12.5. The molecule has 1 atom stereocenters. The van der Waals surface area contributed by atoms with E-state index in [1.807, 2.05) is 34.9 Å². The van der Waals surface area contributed by atoms with Gasteiger partial charge in [-0.05, 0) is 5.56 Å². The third-order valence-corrected chi connectivity index (χ3v) is 4.23. The Balaban J connectivity index is 1.95. The Morgan fingerprint density at radius 3 is 2.69 bits per heavy atom. The fraction of sp³-hybridized carbons (Fsp3) is 0.333. The van der Waals surface area contributed by atoms with E-state index in [2.05, 4.69) is 15.0 Å². The van der Waals surface area contributed by atoms with Gasteiger partial charge in [-0.1, -0.05) is 30.3 Å². The number of esters is 1. The van der Waals surface area contributed by atoms with Crippen molar-refractivity contribution in [3.63, 3.8) is 0 Å². The number of nitrogens with one attached hydrogen (secondary N) is 1. The van der Waals surface area contributed by atoms with Crippen LogP contribution in [-0.4, -0.2) is 47.0 Å². The molecule has 0 saturated carbocycles. The lowest BCUT2D eigenvalue weighted by Crippen LogP contribution is -2.54. The topological polar surface area (TPSA) is 93.5 Å². The fourth-order valence-electron chi connectivity index (χ4n) is 3.03. The van der Waals surface area contributed by atoms with Crippen molar-refractivity contribution < 1.29 is 19.1 Å². The Bertz CT molecular complexity index is 831. The number of amides is 2. The monoisotopic (exact) mass is 356 g/mol. The molecule has 0 aliphatic carbocycles. The maximum atomic E-state index is 12.7. The van der Waals surface area contributed by atoms with Gasteiger partial charge in [0.2, 0.25) is 5.91 Å². The van der Waals surface area contributed by atoms with Crippen molar-refractivity contribution in [3.8, 4) is 0 Å². The SMILES string of the molecule is COC(=O)CN1C(=O)C(NC(C)=O)Cc2c1ncn2Cc1ccccc1. The van der Waals surface area contributed by atoms with Crippen molar-refractivity contribution >= 4 is 23.6 Å². The largest absolute Gasteiger partial charge is 0.468 e. The molecule has 1 aromatic carbocycles. The fourth-order valence-corrected chi connectivity index (χ4v) is 3.03. The van der Waals surface area contributed by atoms with Crippen LogP contribution >= 0.6 is 0 Å². The van der Waals surface area contributed by atoms with E-state index in [1.54, 1.807) is 6.33 Å². The quantitative estimate of drug-likeness (QED) is 0.788. The number of rotatable bonds is 5. The Morgan fingerprint density at radius 2 is 2.04 bits per heavy atom. The van der Waals surface area contributed by atoms with Crippen molar-refractivity contribution in [2.45, 2.75) is 25.9 Å². The second-order valence-corrected chi connectivity index (χ2v) is 6.09. The molecule has 1 aliphatic rings. The predicted octanol–water partition coefficient (Wildman–Crippen LogP) is 0.498. The molecule has 0 bridgehead atoms. The van der Waals surface area contributed by atoms with E-state index in [-0.39, 0.29) is 18.4 Å². The molecule has 1 aliphatic heterocycles. The molecule has 3 rings (SSSR count). The third-order valence-electron chi connectivity index (χ3n) is 4.23. The molecular formula is C18H20N4O4. The molecular weight excluding hydrogens is 336 g/mol. The number of hydrogen-bond acceptors (Lipinski definition) is 5. The summed E-state index contributed by atoms with van der Waals surface area (Å²) in [6, 6.07) is 9.10. The normalized spacial score (nSPS) is 16.2. The number of aromatic nitrogens is 2. The van der Waals surface area contributed by atoms with Gasteiger partial charge < -0.3 is 14.6 Å². The average Bonchev–Trinajstić information content (AvgIpc) is 3.01. The lowest BCUT2D eigenvalue weighted by molar-refractivity contribution is -0.140. The third kappa shape index (κ3) is 3.58. The van der Waals surface area contributed by atoms with Gasteiger partial charge in [0.25, 0.3) is 5.91 Å². The summed E-state index contributed by atoms with van der Waals surface area (Å²) < 4.78 is 6.61. The van der Waals surface area contributed by atoms with Crippen LogP contribution in [-0.2, 0) is 32.1 Å². The average molecular weight is 356 g/mol. The number of carbonyl (C=O) groups excluding carboxylic acids is 3. The van der Waals surface area contributed by atoms with Crippen molar-refractivity contribution in [2.75, 3.05) is 18.6 Å². The molecule has 26 heavy (non-hydrogen) atoms. The van der Waals surface area contributed by atoms with Gasteiger partial charge >= 0.3 is 5.97 Å². The van der Waals surface area contributed by atoms with Crippen LogP contribution in [0.4, 0.5) is 5.82 Å². The molecule has 8 nitrogen and oxygen atoms in total. The van der Waals surface area contributed by atoms with Crippen LogP contribution in [0.15, 0.2) is 36.7 Å². The zero-order valence-electron chi connectivity index (χ0n) is 14.6. The molecule has 1 N–H and O–H groups in total. The molecule has 0 saturated heterocycles. The molecule has 8 heteroatoms. The van der Waals surface area contributed by atoms with Crippen LogP contribution in [0.5, 0.6) is 0 Å². The van der Waals surface area contributed by atoms with Gasteiger partial charge in [0.15, 0.2) is 5.82 Å². The van der Waals surface area contributed by atoms with E-state index in [1.165, 1.54) is 18.9 Å². The maximum Gasteiger partial charge on any atom is 0.325 e. The molecule has 136 valence electrons. The summed E-state index contributed by atoms with van der Waals surface area (Å²) in [6.07, 6.45) is 1.96. The number of ether oxygens (including phenoxy) is 1. The minimum Gasteiger partial charge on any atom is -0.468 e. The number of methoxy groups -OCH3 is 1. The van der Waals surface area contributed by atoms with Crippen LogP contribution in [0.2, 0.25) is 0 Å². The van der Waals surface area contributed by atoms with E-state index in [9.17, 15) is 14.4 Å². The molecule has 1 aromatic heterocycles. The zero-order chi connectivity index (χ0) is 18.7. The van der Waals surface area contributed by atoms with Gasteiger partial charge in [0.05, 0.1) is 19.1 Å². The van der Waals surface area contributed by atoms with Gasteiger partial charge in [-0.15, -0.1) is 0 Å². The highest BCUT2D eigenvalue weighted by Crippen LogP contribution is 2.27. The first-order valence-corrected chi connectivity index (χ1v) is 8.22. The number of benzene rings is 1. The Kier molecular flexibility index (Phi) is 5.01. The van der Waals surface area contributed by atoms with Crippen LogP contribution in [0, 0.1) is 0 Å². The number of carbonyl (C=O) groups is 3. The Hall–Kier alpha value is -3.16. The number of hydrogen-bond donors (Lipinski definition) is 1. The second-order valence-electron chi connectivity index (χ2n) is 6.09. The van der Waals surface area contributed by atoms with Gasteiger partial charge in [-0.3, -0.25) is 19.3 Å². The first-order valence-electron chi connectivity index (χ1n) is 8.22. The Morgan fingerprint density at radius 1 is 1.31 bits per heavy atom. The van der Waals surface area contributed by atoms with E-state index in [0.29, 0.717) is 18.8 Å². The molecule has 2 heterocycles. The number of anilines is 1. The van der Waals surface area contributed by atoms with E-state index >= 15 is 0 Å². The summed E-state index contributed by atoms with van der Waals surface area (Å²) in [6.45, 7) is 1.69. The minimum absolute atomic E-state index is 0.249. The smallest absolute Gasteiger partial charge is 0.325 e. The number of fused-ring (bicyclic) bond motifs is 1. The standard InChI is InChI=1S/C18H20N4O4/c1-12(23)20-14-8-15-17(22(18(14)25)10-16(24)26-2)19-11-21(15)9-13-6-4-3-5-7-13/h3-7,11,14H,8-10H2,1-2H3,(H,20,23). The van der Waals surface area contributed by atoms with Crippen molar-refractivity contribution in [1.82, 2.24) is 14.9 Å². The molecule has 1 unspecified atom stereocenters. The first kappa shape index (κ1) is 17.7. The molecule has 2 aromatic rings. The second kappa shape index (κ2) is 7.38. The van der Waals surface area contributed by atoms with Crippen LogP contribution in [0.25, 0.3) is 0 Å². The van der Waals surface area contributed by atoms with Gasteiger partial charge in [0.1, 0.15) is 12.6 Å². The van der Waals surface area contributed by atoms with E-state index in [0.717, 1.165) is 11.3 Å². The van der Waals surface area contributed by atoms with E-state index in [4.69, 9.17) is 0 Å². The summed E-state index contributed by atoms with van der Waals surface area (Å²) in [5, 5.41) is 2.65. The molecule has 0 radical (unpaired) electrons. The van der Waals surface area contributed by atoms with Gasteiger partial charge in [-0.2, -0.15) is 0 Å². The van der Waals surface area contributed by atoms with Crippen LogP contribution in [0.1, 0.15) is 18.2 Å². The zero-order valence-corrected chi connectivity index (χ0v) is 14.6.